The Morgan fingerprint density at radius 2 is 2.38 bits per heavy atom. The lowest BCUT2D eigenvalue weighted by atomic mass is 9.88. The Kier molecular flexibility index (Phi) is 2.21. The second-order valence-corrected chi connectivity index (χ2v) is 4.66. The molecule has 1 unspecified atom stereocenters. The highest BCUT2D eigenvalue weighted by Gasteiger charge is 2.35. The van der Waals surface area contributed by atoms with Gasteiger partial charge >= 0.3 is 0 Å². The van der Waals surface area contributed by atoms with Gasteiger partial charge in [-0.05, 0) is 12.8 Å². The van der Waals surface area contributed by atoms with Crippen LogP contribution in [0.2, 0.25) is 0 Å². The molecule has 5 nitrogen and oxygen atoms in total. The number of amides is 1. The molecule has 0 radical (unpaired) electrons. The molecule has 1 saturated heterocycles. The monoisotopic (exact) mass is 221 g/mol. The number of aromatic amines is 1. The third kappa shape index (κ3) is 1.51. The highest BCUT2D eigenvalue weighted by Crippen LogP contribution is 2.25. The first-order chi connectivity index (χ1) is 7.74. The van der Waals surface area contributed by atoms with Crippen LogP contribution in [0.15, 0.2) is 6.33 Å². The van der Waals surface area contributed by atoms with Crippen LogP contribution < -0.4 is 0 Å². The van der Waals surface area contributed by atoms with E-state index in [4.69, 9.17) is 0 Å². The van der Waals surface area contributed by atoms with E-state index in [-0.39, 0.29) is 17.9 Å². The summed E-state index contributed by atoms with van der Waals surface area (Å²) >= 11 is 0. The average Bonchev–Trinajstić information content (AvgIpc) is 2.70. The topological polar surface area (TPSA) is 69.2 Å². The van der Waals surface area contributed by atoms with Gasteiger partial charge in [-0.3, -0.25) is 4.79 Å². The zero-order valence-electron chi connectivity index (χ0n) is 9.02. The molecular weight excluding hydrogens is 206 g/mol. The highest BCUT2D eigenvalue weighted by molar-refractivity contribution is 5.80. The summed E-state index contributed by atoms with van der Waals surface area (Å²) in [6, 6.07) is 0. The molecule has 1 aromatic heterocycles. The number of fused-ring (bicyclic) bond motifs is 1. The van der Waals surface area contributed by atoms with E-state index in [1.54, 1.807) is 11.2 Å². The lowest BCUT2D eigenvalue weighted by Gasteiger charge is -2.38. The van der Waals surface area contributed by atoms with Crippen molar-refractivity contribution in [2.75, 3.05) is 13.1 Å². The molecule has 1 fully saturated rings. The minimum Gasteiger partial charge on any atom is -0.389 e. The first kappa shape index (κ1) is 9.84. The lowest BCUT2D eigenvalue weighted by molar-refractivity contribution is -0.146. The maximum absolute atomic E-state index is 12.0. The van der Waals surface area contributed by atoms with Gasteiger partial charge in [0.2, 0.25) is 5.91 Å². The van der Waals surface area contributed by atoms with Crippen LogP contribution in [-0.4, -0.2) is 45.1 Å². The zero-order valence-corrected chi connectivity index (χ0v) is 9.02. The van der Waals surface area contributed by atoms with E-state index in [1.165, 1.54) is 0 Å². The Labute approximate surface area is 93.5 Å². The fraction of sp³-hybridized carbons (Fsp3) is 0.636. The molecule has 2 N–H and O–H groups in total. The van der Waals surface area contributed by atoms with Gasteiger partial charge in [-0.1, -0.05) is 0 Å². The third-order valence-corrected chi connectivity index (χ3v) is 3.51. The number of aryl methyl sites for hydroxylation is 1. The Balaban J connectivity index is 1.67. The number of hydrogen-bond acceptors (Lipinski definition) is 3. The Bertz CT molecular complexity index is 409. The van der Waals surface area contributed by atoms with Crippen LogP contribution in [0.1, 0.15) is 17.8 Å². The summed E-state index contributed by atoms with van der Waals surface area (Å²) in [5, 5.41) is 9.18. The van der Waals surface area contributed by atoms with Crippen LogP contribution in [0.25, 0.3) is 0 Å². The molecule has 1 atom stereocenters. The van der Waals surface area contributed by atoms with Crippen molar-refractivity contribution in [1.29, 1.82) is 0 Å². The predicted octanol–water partition coefficient (Wildman–Crippen LogP) is -0.282. The maximum atomic E-state index is 12.0. The number of imidazole rings is 1. The van der Waals surface area contributed by atoms with Gasteiger partial charge in [-0.15, -0.1) is 0 Å². The summed E-state index contributed by atoms with van der Waals surface area (Å²) < 4.78 is 0. The van der Waals surface area contributed by atoms with Gasteiger partial charge in [0.1, 0.15) is 0 Å². The van der Waals surface area contributed by atoms with Crippen molar-refractivity contribution in [2.45, 2.75) is 25.4 Å². The maximum Gasteiger partial charge on any atom is 0.226 e. The molecule has 0 saturated carbocycles. The lowest BCUT2D eigenvalue weighted by Crippen LogP contribution is -2.55. The molecule has 0 spiro atoms. The van der Waals surface area contributed by atoms with Crippen molar-refractivity contribution in [3.05, 3.63) is 17.7 Å². The number of H-pyrrole nitrogens is 1. The zero-order chi connectivity index (χ0) is 11.1. The normalized spacial score (nSPS) is 25.1. The third-order valence-electron chi connectivity index (χ3n) is 3.51. The highest BCUT2D eigenvalue weighted by atomic mass is 16.3. The average molecular weight is 221 g/mol. The van der Waals surface area contributed by atoms with Gasteiger partial charge in [0.25, 0.3) is 0 Å². The summed E-state index contributed by atoms with van der Waals surface area (Å²) in [4.78, 5) is 21.1. The fourth-order valence-electron chi connectivity index (χ4n) is 2.51. The smallest absolute Gasteiger partial charge is 0.226 e. The first-order valence-corrected chi connectivity index (χ1v) is 5.72. The Hall–Kier alpha value is -1.36. The number of β-amino-alcohol motifs (C(OH)–C–C–N with tert-alkyl or cyclic N) is 1. The summed E-state index contributed by atoms with van der Waals surface area (Å²) in [5.74, 6) is 0.256. The molecule has 16 heavy (non-hydrogen) atoms. The van der Waals surface area contributed by atoms with Crippen molar-refractivity contribution in [3.8, 4) is 0 Å². The number of rotatable bonds is 1. The molecule has 0 bridgehead atoms. The van der Waals surface area contributed by atoms with E-state index in [0.717, 1.165) is 30.7 Å². The van der Waals surface area contributed by atoms with Crippen LogP contribution in [0.3, 0.4) is 0 Å². The van der Waals surface area contributed by atoms with E-state index < -0.39 is 0 Å². The van der Waals surface area contributed by atoms with Crippen molar-refractivity contribution in [2.24, 2.45) is 5.92 Å². The van der Waals surface area contributed by atoms with Crippen LogP contribution in [0.5, 0.6) is 0 Å². The number of nitrogens with one attached hydrogen (secondary N) is 1. The van der Waals surface area contributed by atoms with Crippen LogP contribution in [0.4, 0.5) is 0 Å². The second kappa shape index (κ2) is 3.59. The molecule has 1 amide bonds. The molecule has 1 aliphatic carbocycles. The number of hydrogen-bond donors (Lipinski definition) is 2. The van der Waals surface area contributed by atoms with Gasteiger partial charge in [0.05, 0.1) is 18.1 Å². The number of aliphatic hydroxyl groups excluding tert-OH is 1. The van der Waals surface area contributed by atoms with Crippen molar-refractivity contribution < 1.29 is 9.90 Å². The quantitative estimate of drug-likeness (QED) is 0.685. The number of carbonyl (C=O) groups excluding carboxylic acids is 1. The van der Waals surface area contributed by atoms with E-state index >= 15 is 0 Å². The molecule has 3 rings (SSSR count). The van der Waals surface area contributed by atoms with Gasteiger partial charge in [0, 0.05) is 31.1 Å². The Morgan fingerprint density at radius 1 is 1.56 bits per heavy atom. The molecule has 2 heterocycles. The summed E-state index contributed by atoms with van der Waals surface area (Å²) in [7, 11) is 0. The standard InChI is InChI=1S/C11H15N3O2/c15-8-4-14(5-8)11(16)7-1-2-9-10(3-7)13-6-12-9/h6-8,15H,1-5H2,(H,12,13). The predicted molar refractivity (Wildman–Crippen MR) is 56.7 cm³/mol. The van der Waals surface area contributed by atoms with E-state index in [9.17, 15) is 9.90 Å². The van der Waals surface area contributed by atoms with E-state index in [0.29, 0.717) is 13.1 Å². The van der Waals surface area contributed by atoms with Gasteiger partial charge in [-0.2, -0.15) is 0 Å². The fourth-order valence-corrected chi connectivity index (χ4v) is 2.51. The van der Waals surface area contributed by atoms with Gasteiger partial charge in [0.15, 0.2) is 0 Å². The van der Waals surface area contributed by atoms with E-state index in [1.807, 2.05) is 0 Å². The number of nitrogens with zero attached hydrogens (tertiary/aromatic N) is 2. The molecule has 2 aliphatic rings. The van der Waals surface area contributed by atoms with Gasteiger partial charge < -0.3 is 15.0 Å². The molecule has 5 heteroatoms. The minimum atomic E-state index is -0.310. The first-order valence-electron chi connectivity index (χ1n) is 5.72. The minimum absolute atomic E-state index is 0.0699. The van der Waals surface area contributed by atoms with Crippen molar-refractivity contribution in [3.63, 3.8) is 0 Å². The molecule has 1 aromatic rings. The van der Waals surface area contributed by atoms with Crippen molar-refractivity contribution >= 4 is 5.91 Å². The van der Waals surface area contributed by atoms with Gasteiger partial charge in [-0.25, -0.2) is 4.98 Å². The summed E-state index contributed by atoms with van der Waals surface area (Å²) in [5.41, 5.74) is 2.21. The van der Waals surface area contributed by atoms with Crippen LogP contribution in [0, 0.1) is 5.92 Å². The molecule has 1 aliphatic heterocycles. The van der Waals surface area contributed by atoms with Crippen LogP contribution >= 0.6 is 0 Å². The SMILES string of the molecule is O=C(C1CCc2nc[nH]c2C1)N1CC(O)C1. The molecular formula is C11H15N3O2. The Morgan fingerprint density at radius 3 is 3.12 bits per heavy atom. The number of carbonyl (C=O) groups is 1. The van der Waals surface area contributed by atoms with Crippen molar-refractivity contribution in [1.82, 2.24) is 14.9 Å². The molecule has 86 valence electrons. The van der Waals surface area contributed by atoms with Crippen LogP contribution in [-0.2, 0) is 17.6 Å². The summed E-state index contributed by atoms with van der Waals surface area (Å²) in [6.07, 6.45) is 3.91. The number of likely N-dealkylation sites (tertiary alicyclic amines) is 1. The molecule has 0 aromatic carbocycles. The largest absolute Gasteiger partial charge is 0.389 e. The summed E-state index contributed by atoms with van der Waals surface area (Å²) in [6.45, 7) is 1.01. The number of aliphatic hydroxyl groups is 1. The number of aromatic nitrogens is 2. The van der Waals surface area contributed by atoms with E-state index in [2.05, 4.69) is 9.97 Å². The second-order valence-electron chi connectivity index (χ2n) is 4.66.